The van der Waals surface area contributed by atoms with E-state index < -0.39 is 0 Å². The number of aromatic nitrogens is 1. The predicted octanol–water partition coefficient (Wildman–Crippen LogP) is 6.32. The van der Waals surface area contributed by atoms with Crippen molar-refractivity contribution >= 4 is 34.0 Å². The van der Waals surface area contributed by atoms with Gasteiger partial charge in [-0.3, -0.25) is 4.79 Å². The van der Waals surface area contributed by atoms with E-state index in [1.165, 1.54) is 16.9 Å². The van der Waals surface area contributed by atoms with E-state index >= 15 is 0 Å². The van der Waals surface area contributed by atoms with Crippen LogP contribution in [-0.4, -0.2) is 10.9 Å². The molecule has 0 aliphatic carbocycles. The first-order chi connectivity index (χ1) is 13.1. The zero-order chi connectivity index (χ0) is 18.8. The van der Waals surface area contributed by atoms with Crippen LogP contribution in [0.1, 0.15) is 41.4 Å². The summed E-state index contributed by atoms with van der Waals surface area (Å²) in [5.41, 5.74) is 4.55. The number of anilines is 1. The summed E-state index contributed by atoms with van der Waals surface area (Å²) in [7, 11) is 0. The number of nitrogens with one attached hydrogen (secondary N) is 1. The van der Waals surface area contributed by atoms with Gasteiger partial charge in [-0.25, -0.2) is 4.98 Å². The van der Waals surface area contributed by atoms with Crippen LogP contribution >= 0.6 is 11.3 Å². The first kappa shape index (κ1) is 17.5. The molecule has 1 amide bonds. The van der Waals surface area contributed by atoms with Crippen molar-refractivity contribution in [1.82, 2.24) is 4.98 Å². The third kappa shape index (κ3) is 3.64. The molecule has 2 aromatic carbocycles. The zero-order valence-corrected chi connectivity index (χ0v) is 16.0. The van der Waals surface area contributed by atoms with Crippen molar-refractivity contribution in [1.29, 1.82) is 0 Å². The Morgan fingerprint density at radius 1 is 1.19 bits per heavy atom. The van der Waals surface area contributed by atoms with Crippen LogP contribution in [0.3, 0.4) is 0 Å². The number of nitrogens with zero attached hydrogens (tertiary/aromatic N) is 1. The van der Waals surface area contributed by atoms with E-state index in [1.807, 2.05) is 41.8 Å². The lowest BCUT2D eigenvalue weighted by molar-refractivity contribution is 0.103. The van der Waals surface area contributed by atoms with Gasteiger partial charge in [0.05, 0.1) is 4.88 Å². The Bertz CT molecular complexity index is 1070. The number of hydrogen-bond acceptors (Lipinski definition) is 4. The predicted molar refractivity (Wildman–Crippen MR) is 110 cm³/mol. The van der Waals surface area contributed by atoms with Gasteiger partial charge in [-0.1, -0.05) is 26.0 Å². The van der Waals surface area contributed by atoms with Gasteiger partial charge in [-0.2, -0.15) is 0 Å². The number of benzene rings is 2. The zero-order valence-electron chi connectivity index (χ0n) is 15.2. The van der Waals surface area contributed by atoms with E-state index in [2.05, 4.69) is 36.3 Å². The Morgan fingerprint density at radius 2 is 2.00 bits per heavy atom. The number of rotatable bonds is 5. The summed E-state index contributed by atoms with van der Waals surface area (Å²) >= 11 is 1.42. The molecule has 0 aliphatic rings. The Labute approximate surface area is 161 Å². The fourth-order valence-electron chi connectivity index (χ4n) is 2.91. The highest BCUT2D eigenvalue weighted by Gasteiger charge is 2.12. The van der Waals surface area contributed by atoms with Gasteiger partial charge in [0.2, 0.25) is 5.89 Å². The van der Waals surface area contributed by atoms with Crippen LogP contribution in [0.4, 0.5) is 5.69 Å². The molecule has 136 valence electrons. The van der Waals surface area contributed by atoms with E-state index in [-0.39, 0.29) is 5.91 Å². The smallest absolute Gasteiger partial charge is 0.265 e. The van der Waals surface area contributed by atoms with E-state index in [0.29, 0.717) is 16.7 Å². The van der Waals surface area contributed by atoms with E-state index in [4.69, 9.17) is 4.42 Å². The quantitative estimate of drug-likeness (QED) is 0.443. The molecule has 4 rings (SSSR count). The molecule has 4 nitrogen and oxygen atoms in total. The van der Waals surface area contributed by atoms with Crippen LogP contribution in [-0.2, 0) is 0 Å². The molecule has 0 bridgehead atoms. The second-order valence-electron chi connectivity index (χ2n) is 6.56. The highest BCUT2D eigenvalue weighted by Crippen LogP contribution is 2.28. The fraction of sp³-hybridized carbons (Fsp3) is 0.182. The second-order valence-corrected chi connectivity index (χ2v) is 7.51. The SMILES string of the molecule is CC[C@@H](C)c1ccc2oc(-c3ccc(NC(=O)c4cccs4)cc3)nc2c1. The van der Waals surface area contributed by atoms with Crippen molar-refractivity contribution in [2.24, 2.45) is 0 Å². The molecule has 0 fully saturated rings. The highest BCUT2D eigenvalue weighted by molar-refractivity contribution is 7.12. The molecule has 2 heterocycles. The summed E-state index contributed by atoms with van der Waals surface area (Å²) in [6.45, 7) is 4.40. The third-order valence-electron chi connectivity index (χ3n) is 4.73. The maximum Gasteiger partial charge on any atom is 0.265 e. The van der Waals surface area contributed by atoms with Gasteiger partial charge in [0, 0.05) is 11.3 Å². The topological polar surface area (TPSA) is 55.1 Å². The molecule has 4 aromatic rings. The summed E-state index contributed by atoms with van der Waals surface area (Å²) in [6, 6.07) is 17.4. The molecule has 0 saturated heterocycles. The van der Waals surface area contributed by atoms with Gasteiger partial charge in [-0.15, -0.1) is 11.3 Å². The number of thiophene rings is 1. The second kappa shape index (κ2) is 7.37. The number of fused-ring (bicyclic) bond motifs is 1. The number of carbonyl (C=O) groups excluding carboxylic acids is 1. The van der Waals surface area contributed by atoms with Crippen molar-refractivity contribution in [2.45, 2.75) is 26.2 Å². The molecule has 2 aromatic heterocycles. The number of amides is 1. The summed E-state index contributed by atoms with van der Waals surface area (Å²) in [5.74, 6) is 0.986. The average Bonchev–Trinajstić information content (AvgIpc) is 3.37. The normalized spacial score (nSPS) is 12.2. The summed E-state index contributed by atoms with van der Waals surface area (Å²) in [4.78, 5) is 17.5. The van der Waals surface area contributed by atoms with Crippen molar-refractivity contribution in [3.63, 3.8) is 0 Å². The van der Waals surface area contributed by atoms with Crippen LogP contribution in [0.2, 0.25) is 0 Å². The average molecular weight is 376 g/mol. The Morgan fingerprint density at radius 3 is 2.70 bits per heavy atom. The molecule has 1 atom stereocenters. The van der Waals surface area contributed by atoms with Crippen LogP contribution in [0.25, 0.3) is 22.6 Å². The molecule has 0 saturated carbocycles. The van der Waals surface area contributed by atoms with Crippen molar-refractivity contribution in [3.05, 3.63) is 70.4 Å². The maximum absolute atomic E-state index is 12.1. The lowest BCUT2D eigenvalue weighted by Gasteiger charge is -2.07. The van der Waals surface area contributed by atoms with Crippen molar-refractivity contribution < 1.29 is 9.21 Å². The minimum absolute atomic E-state index is 0.0998. The first-order valence-electron chi connectivity index (χ1n) is 9.00. The monoisotopic (exact) mass is 376 g/mol. The molecule has 27 heavy (non-hydrogen) atoms. The van der Waals surface area contributed by atoms with Gasteiger partial charge in [-0.05, 0) is 65.7 Å². The maximum atomic E-state index is 12.1. The minimum Gasteiger partial charge on any atom is -0.436 e. The lowest BCUT2D eigenvalue weighted by atomic mass is 9.98. The number of hydrogen-bond donors (Lipinski definition) is 1. The molecule has 0 spiro atoms. The van der Waals surface area contributed by atoms with E-state index in [1.54, 1.807) is 6.07 Å². The lowest BCUT2D eigenvalue weighted by Crippen LogP contribution is -2.09. The summed E-state index contributed by atoms with van der Waals surface area (Å²) in [5, 5.41) is 4.78. The standard InChI is InChI=1S/C22H20N2O2S/c1-3-14(2)16-8-11-19-18(13-16)24-22(26-19)15-6-9-17(10-7-15)23-21(25)20-5-4-12-27-20/h4-14H,3H2,1-2H3,(H,23,25)/t14-/m1/s1. The fourth-order valence-corrected chi connectivity index (χ4v) is 3.53. The Balaban J connectivity index is 1.55. The van der Waals surface area contributed by atoms with Crippen molar-refractivity contribution in [3.8, 4) is 11.5 Å². The summed E-state index contributed by atoms with van der Waals surface area (Å²) < 4.78 is 5.91. The summed E-state index contributed by atoms with van der Waals surface area (Å²) in [6.07, 6.45) is 1.09. The molecule has 0 aliphatic heterocycles. The minimum atomic E-state index is -0.0998. The van der Waals surface area contributed by atoms with Gasteiger partial charge in [0.25, 0.3) is 5.91 Å². The van der Waals surface area contributed by atoms with E-state index in [9.17, 15) is 4.79 Å². The van der Waals surface area contributed by atoms with Gasteiger partial charge >= 0.3 is 0 Å². The molecule has 5 heteroatoms. The Hall–Kier alpha value is -2.92. The molecular weight excluding hydrogens is 356 g/mol. The number of oxazole rings is 1. The highest BCUT2D eigenvalue weighted by atomic mass is 32.1. The van der Waals surface area contributed by atoms with E-state index in [0.717, 1.165) is 28.8 Å². The number of carbonyl (C=O) groups is 1. The largest absolute Gasteiger partial charge is 0.436 e. The van der Waals surface area contributed by atoms with Gasteiger partial charge in [0.1, 0.15) is 5.52 Å². The Kier molecular flexibility index (Phi) is 4.77. The van der Waals surface area contributed by atoms with Gasteiger partial charge in [0.15, 0.2) is 5.58 Å². The third-order valence-corrected chi connectivity index (χ3v) is 5.60. The molecule has 0 radical (unpaired) electrons. The van der Waals surface area contributed by atoms with Crippen LogP contribution in [0.15, 0.2) is 64.4 Å². The molecular formula is C22H20N2O2S. The molecule has 0 unspecified atom stereocenters. The molecule has 1 N–H and O–H groups in total. The van der Waals surface area contributed by atoms with Crippen LogP contribution in [0, 0.1) is 0 Å². The van der Waals surface area contributed by atoms with Crippen LogP contribution < -0.4 is 5.32 Å². The van der Waals surface area contributed by atoms with Crippen molar-refractivity contribution in [2.75, 3.05) is 5.32 Å². The van der Waals surface area contributed by atoms with Gasteiger partial charge < -0.3 is 9.73 Å². The van der Waals surface area contributed by atoms with Crippen LogP contribution in [0.5, 0.6) is 0 Å². The first-order valence-corrected chi connectivity index (χ1v) is 9.88.